The van der Waals surface area contributed by atoms with Crippen molar-refractivity contribution in [3.8, 4) is 5.75 Å². The molecule has 0 fully saturated rings. The number of carbonyl (C=O) groups excluding carboxylic acids is 1. The van der Waals surface area contributed by atoms with Crippen LogP contribution in [-0.4, -0.2) is 38.4 Å². The lowest BCUT2D eigenvalue weighted by Gasteiger charge is -2.15. The van der Waals surface area contributed by atoms with Gasteiger partial charge < -0.3 is 18.6 Å². The van der Waals surface area contributed by atoms with Gasteiger partial charge in [0.05, 0.1) is 17.3 Å². The second-order valence-electron chi connectivity index (χ2n) is 6.23. The molecule has 1 aromatic carbocycles. The second kappa shape index (κ2) is 9.16. The molecule has 0 saturated carbocycles. The number of nitrogens with zero attached hydrogens (tertiary/aromatic N) is 4. The first-order valence-electron chi connectivity index (χ1n) is 8.61. The van der Waals surface area contributed by atoms with Crippen molar-refractivity contribution >= 4 is 29.3 Å². The summed E-state index contributed by atoms with van der Waals surface area (Å²) in [5, 5.41) is 9.47. The van der Waals surface area contributed by atoms with E-state index in [1.807, 2.05) is 42.8 Å². The van der Waals surface area contributed by atoms with Crippen molar-refractivity contribution in [1.29, 1.82) is 0 Å². The first-order valence-corrected chi connectivity index (χ1v) is 9.98. The molecule has 0 aliphatic carbocycles. The highest BCUT2D eigenvalue weighted by Crippen LogP contribution is 2.24. The lowest BCUT2D eigenvalue weighted by Crippen LogP contribution is -2.27. The third-order valence-corrected chi connectivity index (χ3v) is 5.38. The van der Waals surface area contributed by atoms with Crippen molar-refractivity contribution in [2.24, 2.45) is 7.05 Å². The Morgan fingerprint density at radius 2 is 2.07 bits per heavy atom. The number of amides is 1. The molecule has 0 N–H and O–H groups in total. The van der Waals surface area contributed by atoms with Gasteiger partial charge in [0.15, 0.2) is 11.0 Å². The predicted octanol–water partition coefficient (Wildman–Crippen LogP) is 3.70. The van der Waals surface area contributed by atoms with Crippen molar-refractivity contribution in [2.75, 3.05) is 12.8 Å². The maximum absolute atomic E-state index is 12.4. The molecular weight excluding hydrogens is 400 g/mol. The number of hydrogen-bond acceptors (Lipinski definition) is 6. The molecule has 7 nitrogen and oxygen atoms in total. The summed E-state index contributed by atoms with van der Waals surface area (Å²) in [6.07, 6.45) is 0. The van der Waals surface area contributed by atoms with Crippen LogP contribution in [0.5, 0.6) is 5.75 Å². The molecule has 9 heteroatoms. The normalized spacial score (nSPS) is 10.9. The van der Waals surface area contributed by atoms with Gasteiger partial charge in [0.1, 0.15) is 23.9 Å². The third-order valence-electron chi connectivity index (χ3n) is 4.06. The minimum Gasteiger partial charge on any atom is -0.484 e. The van der Waals surface area contributed by atoms with E-state index in [-0.39, 0.29) is 18.3 Å². The Bertz CT molecular complexity index is 956. The van der Waals surface area contributed by atoms with E-state index in [0.717, 1.165) is 11.5 Å². The molecule has 2 aromatic heterocycles. The molecule has 0 unspecified atom stereocenters. The summed E-state index contributed by atoms with van der Waals surface area (Å²) in [4.78, 5) is 14.0. The quantitative estimate of drug-likeness (QED) is 0.517. The van der Waals surface area contributed by atoms with Gasteiger partial charge in [-0.15, -0.1) is 10.2 Å². The molecule has 28 heavy (non-hydrogen) atoms. The van der Waals surface area contributed by atoms with E-state index in [4.69, 9.17) is 20.8 Å². The van der Waals surface area contributed by atoms with Gasteiger partial charge in [-0.2, -0.15) is 0 Å². The number of benzene rings is 1. The number of carbonyl (C=O) groups is 1. The van der Waals surface area contributed by atoms with Crippen molar-refractivity contribution in [3.63, 3.8) is 0 Å². The molecule has 0 aliphatic rings. The number of ether oxygens (including phenoxy) is 1. The van der Waals surface area contributed by atoms with Gasteiger partial charge in [-0.3, -0.25) is 4.79 Å². The molecule has 2 heterocycles. The Morgan fingerprint density at radius 3 is 2.79 bits per heavy atom. The first-order chi connectivity index (χ1) is 13.4. The molecular formula is C19H21ClN4O3S. The van der Waals surface area contributed by atoms with E-state index >= 15 is 0 Å². The van der Waals surface area contributed by atoms with Crippen LogP contribution in [0.3, 0.4) is 0 Å². The first kappa shape index (κ1) is 20.3. The molecule has 0 bridgehead atoms. The fourth-order valence-corrected chi connectivity index (χ4v) is 3.49. The van der Waals surface area contributed by atoms with Crippen LogP contribution >= 0.6 is 23.4 Å². The van der Waals surface area contributed by atoms with Crippen LogP contribution in [0.2, 0.25) is 5.02 Å². The summed E-state index contributed by atoms with van der Waals surface area (Å²) >= 11 is 7.42. The summed E-state index contributed by atoms with van der Waals surface area (Å²) < 4.78 is 13.0. The van der Waals surface area contributed by atoms with E-state index < -0.39 is 0 Å². The van der Waals surface area contributed by atoms with Crippen molar-refractivity contribution in [3.05, 3.63) is 58.8 Å². The second-order valence-corrected chi connectivity index (χ2v) is 7.58. The van der Waals surface area contributed by atoms with Crippen LogP contribution in [0, 0.1) is 6.92 Å². The van der Waals surface area contributed by atoms with Gasteiger partial charge in [0.25, 0.3) is 0 Å². The fourth-order valence-electron chi connectivity index (χ4n) is 2.43. The number of aryl methyl sites for hydroxylation is 1. The SMILES string of the molecule is Cc1ccc(CN(C)C(=O)CSc2nnc(COc3ccccc3Cl)n2C)o1. The van der Waals surface area contributed by atoms with Gasteiger partial charge in [-0.05, 0) is 31.2 Å². The Balaban J connectivity index is 1.52. The van der Waals surface area contributed by atoms with Crippen molar-refractivity contribution < 1.29 is 13.9 Å². The highest BCUT2D eigenvalue weighted by atomic mass is 35.5. The Kier molecular flexibility index (Phi) is 6.64. The van der Waals surface area contributed by atoms with E-state index in [1.165, 1.54) is 11.8 Å². The zero-order valence-electron chi connectivity index (χ0n) is 15.9. The van der Waals surface area contributed by atoms with Crippen LogP contribution in [-0.2, 0) is 25.0 Å². The Labute approximate surface area is 172 Å². The smallest absolute Gasteiger partial charge is 0.233 e. The summed E-state index contributed by atoms with van der Waals surface area (Å²) in [6, 6.07) is 11.0. The zero-order chi connectivity index (χ0) is 20.1. The highest BCUT2D eigenvalue weighted by Gasteiger charge is 2.15. The van der Waals surface area contributed by atoms with Crippen LogP contribution < -0.4 is 4.74 Å². The maximum atomic E-state index is 12.4. The van der Waals surface area contributed by atoms with E-state index in [2.05, 4.69) is 10.2 Å². The Hall–Kier alpha value is -2.45. The molecule has 3 aromatic rings. The molecule has 0 radical (unpaired) electrons. The third kappa shape index (κ3) is 5.08. The van der Waals surface area contributed by atoms with E-state index in [9.17, 15) is 4.79 Å². The molecule has 0 aliphatic heterocycles. The van der Waals surface area contributed by atoms with Crippen LogP contribution in [0.1, 0.15) is 17.3 Å². The average Bonchev–Trinajstić information content (AvgIpc) is 3.24. The minimum absolute atomic E-state index is 0.0177. The largest absolute Gasteiger partial charge is 0.484 e. The average molecular weight is 421 g/mol. The van der Waals surface area contributed by atoms with Gasteiger partial charge in [0.2, 0.25) is 5.91 Å². The number of aromatic nitrogens is 3. The summed E-state index contributed by atoms with van der Waals surface area (Å²) in [5.74, 6) is 3.07. The monoisotopic (exact) mass is 420 g/mol. The molecule has 3 rings (SSSR count). The summed E-state index contributed by atoms with van der Waals surface area (Å²) in [5.41, 5.74) is 0. The van der Waals surface area contributed by atoms with Gasteiger partial charge >= 0.3 is 0 Å². The molecule has 0 spiro atoms. The number of hydrogen-bond donors (Lipinski definition) is 0. The van der Waals surface area contributed by atoms with Gasteiger partial charge in [-0.25, -0.2) is 0 Å². The number of rotatable bonds is 8. The lowest BCUT2D eigenvalue weighted by atomic mass is 10.3. The lowest BCUT2D eigenvalue weighted by molar-refractivity contribution is -0.127. The highest BCUT2D eigenvalue weighted by molar-refractivity contribution is 7.99. The standard InChI is InChI=1S/C19H21ClN4O3S/c1-13-8-9-14(27-13)10-23(2)18(25)12-28-19-22-21-17(24(19)3)11-26-16-7-5-4-6-15(16)20/h4-9H,10-12H2,1-3H3. The zero-order valence-corrected chi connectivity index (χ0v) is 17.5. The number of para-hydroxylation sites is 1. The van der Waals surface area contributed by atoms with Crippen LogP contribution in [0.25, 0.3) is 0 Å². The van der Waals surface area contributed by atoms with Crippen molar-refractivity contribution in [1.82, 2.24) is 19.7 Å². The predicted molar refractivity (Wildman–Crippen MR) is 107 cm³/mol. The van der Waals surface area contributed by atoms with Gasteiger partial charge in [-0.1, -0.05) is 35.5 Å². The molecule has 0 saturated heterocycles. The minimum atomic E-state index is -0.0177. The number of furan rings is 1. The molecule has 148 valence electrons. The maximum Gasteiger partial charge on any atom is 0.233 e. The number of halogens is 1. The molecule has 0 atom stereocenters. The van der Waals surface area contributed by atoms with Gasteiger partial charge in [0, 0.05) is 14.1 Å². The van der Waals surface area contributed by atoms with Crippen LogP contribution in [0.15, 0.2) is 46.0 Å². The van der Waals surface area contributed by atoms with Crippen LogP contribution in [0.4, 0.5) is 0 Å². The fraction of sp³-hybridized carbons (Fsp3) is 0.316. The van der Waals surface area contributed by atoms with Crippen molar-refractivity contribution in [2.45, 2.75) is 25.2 Å². The summed E-state index contributed by atoms with van der Waals surface area (Å²) in [6.45, 7) is 2.55. The summed E-state index contributed by atoms with van der Waals surface area (Å²) in [7, 11) is 3.59. The van der Waals surface area contributed by atoms with E-state index in [0.29, 0.717) is 28.3 Å². The number of thioether (sulfide) groups is 1. The molecule has 1 amide bonds. The van der Waals surface area contributed by atoms with E-state index in [1.54, 1.807) is 24.1 Å². The Morgan fingerprint density at radius 1 is 1.29 bits per heavy atom. The topological polar surface area (TPSA) is 73.4 Å².